The summed E-state index contributed by atoms with van der Waals surface area (Å²) in [5.41, 5.74) is 5.34. The lowest BCUT2D eigenvalue weighted by Gasteiger charge is -2.10. The molecule has 24 heavy (non-hydrogen) atoms. The summed E-state index contributed by atoms with van der Waals surface area (Å²) >= 11 is 1.48. The number of aryl methyl sites for hydroxylation is 3. The number of fused-ring (bicyclic) bond motifs is 1. The van der Waals surface area contributed by atoms with Crippen LogP contribution in [0.25, 0.3) is 10.9 Å². The first kappa shape index (κ1) is 16.5. The zero-order valence-corrected chi connectivity index (χ0v) is 14.9. The van der Waals surface area contributed by atoms with Crippen molar-refractivity contribution in [1.82, 2.24) is 4.98 Å². The predicted octanol–water partition coefficient (Wildman–Crippen LogP) is 4.89. The van der Waals surface area contributed by atoms with E-state index in [4.69, 9.17) is 4.98 Å². The van der Waals surface area contributed by atoms with Gasteiger partial charge in [0.1, 0.15) is 5.03 Å². The van der Waals surface area contributed by atoms with Crippen LogP contribution in [0.2, 0.25) is 0 Å². The summed E-state index contributed by atoms with van der Waals surface area (Å²) < 4.78 is 0. The van der Waals surface area contributed by atoms with Gasteiger partial charge >= 0.3 is 0 Å². The van der Waals surface area contributed by atoms with Gasteiger partial charge < -0.3 is 5.32 Å². The van der Waals surface area contributed by atoms with E-state index >= 15 is 0 Å². The largest absolute Gasteiger partial charge is 0.325 e. The van der Waals surface area contributed by atoms with Gasteiger partial charge in [0, 0.05) is 11.1 Å². The lowest BCUT2D eigenvalue weighted by atomic mass is 10.1. The van der Waals surface area contributed by atoms with Crippen LogP contribution in [0.3, 0.4) is 0 Å². The highest BCUT2D eigenvalue weighted by atomic mass is 32.2. The SMILES string of the molecule is Cc1cc(C)c2nc(SCC(=O)Nc3ccccc3)c(C)cc2c1. The molecule has 122 valence electrons. The maximum absolute atomic E-state index is 12.1. The lowest BCUT2D eigenvalue weighted by Crippen LogP contribution is -2.14. The second-order valence-electron chi connectivity index (χ2n) is 5.97. The quantitative estimate of drug-likeness (QED) is 0.690. The maximum atomic E-state index is 12.1. The van der Waals surface area contributed by atoms with Crippen molar-refractivity contribution in [3.8, 4) is 0 Å². The summed E-state index contributed by atoms with van der Waals surface area (Å²) in [5, 5.41) is 4.97. The Balaban J connectivity index is 1.75. The molecule has 3 rings (SSSR count). The molecule has 0 saturated carbocycles. The van der Waals surface area contributed by atoms with Crippen LogP contribution in [0, 0.1) is 20.8 Å². The zero-order valence-electron chi connectivity index (χ0n) is 14.1. The van der Waals surface area contributed by atoms with Crippen LogP contribution >= 0.6 is 11.8 Å². The number of pyridine rings is 1. The number of amides is 1. The van der Waals surface area contributed by atoms with Crippen LogP contribution < -0.4 is 5.32 Å². The van der Waals surface area contributed by atoms with Gasteiger partial charge in [-0.05, 0) is 56.2 Å². The van der Waals surface area contributed by atoms with Gasteiger partial charge in [-0.25, -0.2) is 4.98 Å². The first-order chi connectivity index (χ1) is 11.5. The van der Waals surface area contributed by atoms with Crippen LogP contribution in [-0.2, 0) is 4.79 Å². The first-order valence-corrected chi connectivity index (χ1v) is 8.88. The third-order valence-corrected chi connectivity index (χ3v) is 4.89. The molecule has 0 unspecified atom stereocenters. The fraction of sp³-hybridized carbons (Fsp3) is 0.200. The molecule has 0 spiro atoms. The fourth-order valence-electron chi connectivity index (χ4n) is 2.74. The molecule has 0 aliphatic heterocycles. The summed E-state index contributed by atoms with van der Waals surface area (Å²) in [4.78, 5) is 16.9. The van der Waals surface area contributed by atoms with E-state index in [0.717, 1.165) is 27.2 Å². The Labute approximate surface area is 146 Å². The van der Waals surface area contributed by atoms with Crippen molar-refractivity contribution < 1.29 is 4.79 Å². The van der Waals surface area contributed by atoms with E-state index in [2.05, 4.69) is 37.4 Å². The Morgan fingerprint density at radius 3 is 2.54 bits per heavy atom. The Kier molecular flexibility index (Phi) is 4.86. The fourth-order valence-corrected chi connectivity index (χ4v) is 3.52. The molecule has 0 fully saturated rings. The molecule has 0 bridgehead atoms. The highest BCUT2D eigenvalue weighted by Crippen LogP contribution is 2.27. The zero-order chi connectivity index (χ0) is 17.1. The van der Waals surface area contributed by atoms with E-state index in [1.165, 1.54) is 22.9 Å². The van der Waals surface area contributed by atoms with Gasteiger partial charge in [-0.3, -0.25) is 4.79 Å². The van der Waals surface area contributed by atoms with Crippen LogP contribution in [0.5, 0.6) is 0 Å². The molecular formula is C20H20N2OS. The minimum Gasteiger partial charge on any atom is -0.325 e. The smallest absolute Gasteiger partial charge is 0.234 e. The number of para-hydroxylation sites is 1. The Hall–Kier alpha value is -2.33. The van der Waals surface area contributed by atoms with Crippen molar-refractivity contribution in [1.29, 1.82) is 0 Å². The van der Waals surface area contributed by atoms with E-state index < -0.39 is 0 Å². The van der Waals surface area contributed by atoms with Crippen LogP contribution in [0.4, 0.5) is 5.69 Å². The molecule has 4 heteroatoms. The lowest BCUT2D eigenvalue weighted by molar-refractivity contribution is -0.113. The summed E-state index contributed by atoms with van der Waals surface area (Å²) in [6.07, 6.45) is 0. The molecule has 0 atom stereocenters. The van der Waals surface area contributed by atoms with Gasteiger partial charge in [0.05, 0.1) is 11.3 Å². The van der Waals surface area contributed by atoms with Crippen LogP contribution in [-0.4, -0.2) is 16.6 Å². The average Bonchev–Trinajstić information content (AvgIpc) is 2.54. The minimum atomic E-state index is -0.0203. The molecule has 2 aromatic carbocycles. The van der Waals surface area contributed by atoms with Gasteiger partial charge in [-0.15, -0.1) is 0 Å². The summed E-state index contributed by atoms with van der Waals surface area (Å²) in [5.74, 6) is 0.326. The number of hydrogen-bond acceptors (Lipinski definition) is 3. The number of benzene rings is 2. The summed E-state index contributed by atoms with van der Waals surface area (Å²) in [6.45, 7) is 6.22. The van der Waals surface area contributed by atoms with Crippen molar-refractivity contribution >= 4 is 34.3 Å². The number of thioether (sulfide) groups is 1. The van der Waals surface area contributed by atoms with Gasteiger partial charge in [0.15, 0.2) is 0 Å². The molecule has 3 aromatic rings. The average molecular weight is 336 g/mol. The van der Waals surface area contributed by atoms with Gasteiger partial charge in [0.25, 0.3) is 0 Å². The highest BCUT2D eigenvalue weighted by molar-refractivity contribution is 8.00. The van der Waals surface area contributed by atoms with Gasteiger partial charge in [0.2, 0.25) is 5.91 Å². The minimum absolute atomic E-state index is 0.0203. The number of nitrogens with zero attached hydrogens (tertiary/aromatic N) is 1. The molecule has 1 amide bonds. The van der Waals surface area contributed by atoms with E-state index in [-0.39, 0.29) is 5.91 Å². The second kappa shape index (κ2) is 7.05. The number of aromatic nitrogens is 1. The normalized spacial score (nSPS) is 10.8. The van der Waals surface area contributed by atoms with Crippen LogP contribution in [0.1, 0.15) is 16.7 Å². The number of carbonyl (C=O) groups excluding carboxylic acids is 1. The van der Waals surface area contributed by atoms with Crippen molar-refractivity contribution in [2.45, 2.75) is 25.8 Å². The van der Waals surface area contributed by atoms with E-state index in [9.17, 15) is 4.79 Å². The maximum Gasteiger partial charge on any atom is 0.234 e. The highest BCUT2D eigenvalue weighted by Gasteiger charge is 2.10. The third kappa shape index (κ3) is 3.77. The topological polar surface area (TPSA) is 42.0 Å². The van der Waals surface area contributed by atoms with E-state index in [1.54, 1.807) is 0 Å². The molecule has 1 heterocycles. The van der Waals surface area contributed by atoms with E-state index in [0.29, 0.717) is 5.75 Å². The summed E-state index contributed by atoms with van der Waals surface area (Å²) in [6, 6.07) is 15.9. The Morgan fingerprint density at radius 2 is 1.79 bits per heavy atom. The Bertz CT molecular complexity index is 891. The van der Waals surface area contributed by atoms with Gasteiger partial charge in [-0.1, -0.05) is 41.6 Å². The summed E-state index contributed by atoms with van der Waals surface area (Å²) in [7, 11) is 0. The molecule has 1 aromatic heterocycles. The Morgan fingerprint density at radius 1 is 1.04 bits per heavy atom. The van der Waals surface area contributed by atoms with Crippen LogP contribution in [0.15, 0.2) is 53.6 Å². The van der Waals surface area contributed by atoms with Crippen molar-refractivity contribution in [2.24, 2.45) is 0 Å². The monoisotopic (exact) mass is 336 g/mol. The third-order valence-electron chi connectivity index (χ3n) is 3.79. The van der Waals surface area contributed by atoms with Gasteiger partial charge in [-0.2, -0.15) is 0 Å². The van der Waals surface area contributed by atoms with Crippen molar-refractivity contribution in [2.75, 3.05) is 11.1 Å². The van der Waals surface area contributed by atoms with Crippen molar-refractivity contribution in [3.05, 3.63) is 65.2 Å². The van der Waals surface area contributed by atoms with Crippen molar-refractivity contribution in [3.63, 3.8) is 0 Å². The standard InChI is InChI=1S/C20H20N2OS/c1-13-9-14(2)19-16(10-13)11-15(3)20(22-19)24-12-18(23)21-17-7-5-4-6-8-17/h4-11H,12H2,1-3H3,(H,21,23). The first-order valence-electron chi connectivity index (χ1n) is 7.89. The second-order valence-corrected chi connectivity index (χ2v) is 6.93. The number of nitrogens with one attached hydrogen (secondary N) is 1. The molecule has 0 aliphatic carbocycles. The van der Waals surface area contributed by atoms with E-state index in [1.807, 2.05) is 37.3 Å². The predicted molar refractivity (Wildman–Crippen MR) is 102 cm³/mol. The number of carbonyl (C=O) groups is 1. The molecule has 0 radical (unpaired) electrons. The number of anilines is 1. The molecule has 3 nitrogen and oxygen atoms in total. The number of hydrogen-bond donors (Lipinski definition) is 1. The number of rotatable bonds is 4. The molecule has 1 N–H and O–H groups in total. The molecule has 0 aliphatic rings. The molecule has 0 saturated heterocycles. The molecular weight excluding hydrogens is 316 g/mol.